The van der Waals surface area contributed by atoms with E-state index in [0.717, 1.165) is 4.47 Å². The van der Waals surface area contributed by atoms with Gasteiger partial charge in [0.2, 0.25) is 0 Å². The maximum atomic E-state index is 13.6. The smallest absolute Gasteiger partial charge is 0.129 e. The van der Waals surface area contributed by atoms with Crippen molar-refractivity contribution in [3.8, 4) is 0 Å². The monoisotopic (exact) mass is 275 g/mol. The summed E-state index contributed by atoms with van der Waals surface area (Å²) < 4.78 is 14.3. The van der Waals surface area contributed by atoms with Crippen LogP contribution in [0.5, 0.6) is 0 Å². The third kappa shape index (κ3) is 2.38. The van der Waals surface area contributed by atoms with E-state index in [1.54, 1.807) is 12.1 Å². The lowest BCUT2D eigenvalue weighted by Crippen LogP contribution is -2.40. The van der Waals surface area contributed by atoms with E-state index >= 15 is 0 Å². The maximum absolute atomic E-state index is 13.6. The van der Waals surface area contributed by atoms with Gasteiger partial charge in [-0.05, 0) is 24.1 Å². The highest BCUT2D eigenvalue weighted by Gasteiger charge is 2.34. The molecule has 0 aromatic heterocycles. The summed E-state index contributed by atoms with van der Waals surface area (Å²) in [6.45, 7) is 3.62. The van der Waals surface area contributed by atoms with E-state index in [9.17, 15) is 9.50 Å². The van der Waals surface area contributed by atoms with Gasteiger partial charge >= 0.3 is 0 Å². The SMILES string of the molecule is CC(C)C(O)(CN)c1cc(Br)ccc1F. The Hall–Kier alpha value is -0.450. The fourth-order valence-electron chi connectivity index (χ4n) is 1.49. The van der Waals surface area contributed by atoms with Crippen LogP contribution in [-0.4, -0.2) is 11.7 Å². The van der Waals surface area contributed by atoms with Crippen LogP contribution in [0, 0.1) is 11.7 Å². The van der Waals surface area contributed by atoms with Crippen molar-refractivity contribution in [2.45, 2.75) is 19.4 Å². The zero-order valence-corrected chi connectivity index (χ0v) is 10.4. The van der Waals surface area contributed by atoms with Crippen LogP contribution in [0.15, 0.2) is 22.7 Å². The molecular weight excluding hydrogens is 261 g/mol. The Morgan fingerprint density at radius 2 is 2.13 bits per heavy atom. The number of rotatable bonds is 3. The van der Waals surface area contributed by atoms with Crippen LogP contribution in [0.4, 0.5) is 4.39 Å². The van der Waals surface area contributed by atoms with Gasteiger partial charge in [-0.3, -0.25) is 0 Å². The quantitative estimate of drug-likeness (QED) is 0.890. The van der Waals surface area contributed by atoms with Crippen molar-refractivity contribution >= 4 is 15.9 Å². The molecule has 0 aliphatic rings. The minimum Gasteiger partial charge on any atom is -0.383 e. The lowest BCUT2D eigenvalue weighted by atomic mass is 9.83. The van der Waals surface area contributed by atoms with E-state index in [2.05, 4.69) is 15.9 Å². The third-order valence-electron chi connectivity index (χ3n) is 2.66. The Morgan fingerprint density at radius 3 is 2.60 bits per heavy atom. The lowest BCUT2D eigenvalue weighted by Gasteiger charge is -2.31. The predicted molar refractivity (Wildman–Crippen MR) is 61.9 cm³/mol. The molecule has 1 unspecified atom stereocenters. The number of aliphatic hydroxyl groups is 1. The Bertz CT molecular complexity index is 356. The fourth-order valence-corrected chi connectivity index (χ4v) is 1.85. The zero-order chi connectivity index (χ0) is 11.6. The average molecular weight is 276 g/mol. The molecule has 3 N–H and O–H groups in total. The number of nitrogens with two attached hydrogens (primary N) is 1. The van der Waals surface area contributed by atoms with Crippen LogP contribution in [0.25, 0.3) is 0 Å². The van der Waals surface area contributed by atoms with Gasteiger partial charge in [0.25, 0.3) is 0 Å². The van der Waals surface area contributed by atoms with Crippen molar-refractivity contribution in [2.24, 2.45) is 11.7 Å². The molecule has 1 atom stereocenters. The molecular formula is C11H15BrFNO. The number of halogens is 2. The zero-order valence-electron chi connectivity index (χ0n) is 8.80. The van der Waals surface area contributed by atoms with Gasteiger partial charge in [-0.1, -0.05) is 29.8 Å². The van der Waals surface area contributed by atoms with Crippen LogP contribution in [-0.2, 0) is 5.60 Å². The molecule has 1 rings (SSSR count). The molecule has 0 bridgehead atoms. The summed E-state index contributed by atoms with van der Waals surface area (Å²) in [6.07, 6.45) is 0. The summed E-state index contributed by atoms with van der Waals surface area (Å²) >= 11 is 3.25. The van der Waals surface area contributed by atoms with Gasteiger partial charge < -0.3 is 10.8 Å². The molecule has 0 saturated heterocycles. The van der Waals surface area contributed by atoms with Gasteiger partial charge in [0.05, 0.1) is 0 Å². The first-order valence-corrected chi connectivity index (χ1v) is 5.59. The molecule has 1 aromatic carbocycles. The summed E-state index contributed by atoms with van der Waals surface area (Å²) in [7, 11) is 0. The number of hydrogen-bond donors (Lipinski definition) is 2. The molecule has 84 valence electrons. The second kappa shape index (κ2) is 4.60. The van der Waals surface area contributed by atoms with E-state index in [1.807, 2.05) is 13.8 Å². The summed E-state index contributed by atoms with van der Waals surface area (Å²) in [5.74, 6) is -0.578. The summed E-state index contributed by atoms with van der Waals surface area (Å²) in [5, 5.41) is 10.3. The highest BCUT2D eigenvalue weighted by molar-refractivity contribution is 9.10. The Morgan fingerprint density at radius 1 is 1.53 bits per heavy atom. The van der Waals surface area contributed by atoms with Gasteiger partial charge in [0.1, 0.15) is 11.4 Å². The third-order valence-corrected chi connectivity index (χ3v) is 3.15. The molecule has 15 heavy (non-hydrogen) atoms. The molecule has 4 heteroatoms. The lowest BCUT2D eigenvalue weighted by molar-refractivity contribution is -0.00438. The van der Waals surface area contributed by atoms with E-state index in [-0.39, 0.29) is 18.0 Å². The van der Waals surface area contributed by atoms with Crippen LogP contribution in [0.2, 0.25) is 0 Å². The van der Waals surface area contributed by atoms with Gasteiger partial charge in [-0.25, -0.2) is 4.39 Å². The molecule has 0 aliphatic carbocycles. The predicted octanol–water partition coefficient (Wildman–Crippen LogP) is 2.39. The summed E-state index contributed by atoms with van der Waals surface area (Å²) in [4.78, 5) is 0. The average Bonchev–Trinajstić information content (AvgIpc) is 2.20. The van der Waals surface area contributed by atoms with Crippen molar-refractivity contribution in [3.63, 3.8) is 0 Å². The maximum Gasteiger partial charge on any atom is 0.129 e. The van der Waals surface area contributed by atoms with E-state index in [0.29, 0.717) is 0 Å². The van der Waals surface area contributed by atoms with Gasteiger partial charge in [-0.15, -0.1) is 0 Å². The van der Waals surface area contributed by atoms with E-state index in [4.69, 9.17) is 5.73 Å². The highest BCUT2D eigenvalue weighted by atomic mass is 79.9. The topological polar surface area (TPSA) is 46.2 Å². The summed E-state index contributed by atoms with van der Waals surface area (Å²) in [5.41, 5.74) is 4.46. The normalized spacial score (nSPS) is 15.4. The molecule has 0 heterocycles. The second-order valence-corrected chi connectivity index (χ2v) is 4.82. The first kappa shape index (κ1) is 12.6. The van der Waals surface area contributed by atoms with Crippen LogP contribution in [0.3, 0.4) is 0 Å². The molecule has 0 spiro atoms. The molecule has 0 fully saturated rings. The van der Waals surface area contributed by atoms with Crippen molar-refractivity contribution < 1.29 is 9.50 Å². The largest absolute Gasteiger partial charge is 0.383 e. The minimum atomic E-state index is -1.31. The molecule has 0 aliphatic heterocycles. The van der Waals surface area contributed by atoms with Crippen LogP contribution in [0.1, 0.15) is 19.4 Å². The summed E-state index contributed by atoms with van der Waals surface area (Å²) in [6, 6.07) is 4.49. The first-order chi connectivity index (χ1) is 6.91. The standard InChI is InChI=1S/C11H15BrFNO/c1-7(2)11(15,6-14)9-5-8(12)3-4-10(9)13/h3-5,7,15H,6,14H2,1-2H3. The van der Waals surface area contributed by atoms with E-state index in [1.165, 1.54) is 6.07 Å². The van der Waals surface area contributed by atoms with Gasteiger partial charge in [0, 0.05) is 16.6 Å². The van der Waals surface area contributed by atoms with Gasteiger partial charge in [-0.2, -0.15) is 0 Å². The first-order valence-electron chi connectivity index (χ1n) is 4.79. The second-order valence-electron chi connectivity index (χ2n) is 3.91. The Balaban J connectivity index is 3.29. The molecule has 0 radical (unpaired) electrons. The molecule has 1 aromatic rings. The van der Waals surface area contributed by atoms with Crippen molar-refractivity contribution in [2.75, 3.05) is 6.54 Å². The molecule has 0 saturated carbocycles. The van der Waals surface area contributed by atoms with Crippen molar-refractivity contribution in [3.05, 3.63) is 34.1 Å². The number of benzene rings is 1. The minimum absolute atomic E-state index is 0.00194. The molecule has 2 nitrogen and oxygen atoms in total. The van der Waals surface area contributed by atoms with Crippen molar-refractivity contribution in [1.82, 2.24) is 0 Å². The van der Waals surface area contributed by atoms with Crippen LogP contribution >= 0.6 is 15.9 Å². The highest BCUT2D eigenvalue weighted by Crippen LogP contribution is 2.32. The Labute approximate surface area is 97.4 Å². The molecule has 0 amide bonds. The van der Waals surface area contributed by atoms with Gasteiger partial charge in [0.15, 0.2) is 0 Å². The van der Waals surface area contributed by atoms with E-state index < -0.39 is 11.4 Å². The Kier molecular flexibility index (Phi) is 3.87. The van der Waals surface area contributed by atoms with Crippen molar-refractivity contribution in [1.29, 1.82) is 0 Å². The fraction of sp³-hybridized carbons (Fsp3) is 0.455. The number of hydrogen-bond acceptors (Lipinski definition) is 2. The van der Waals surface area contributed by atoms with Crippen LogP contribution < -0.4 is 5.73 Å².